The molecule has 0 fully saturated rings. The van der Waals surface area contributed by atoms with Crippen molar-refractivity contribution in [3.8, 4) is 0 Å². The van der Waals surface area contributed by atoms with E-state index in [9.17, 15) is 0 Å². The van der Waals surface area contributed by atoms with E-state index in [1.165, 1.54) is 123 Å². The summed E-state index contributed by atoms with van der Waals surface area (Å²) < 4.78 is 2.78. The first-order valence-corrected chi connectivity index (χ1v) is 30.9. The third kappa shape index (κ3) is 16.4. The molecule has 426 valence electrons. The maximum Gasteiger partial charge on any atom is 0.159 e. The van der Waals surface area contributed by atoms with Crippen LogP contribution in [0.15, 0.2) is 235 Å². The van der Waals surface area contributed by atoms with Crippen LogP contribution in [0.4, 0.5) is 0 Å². The minimum absolute atomic E-state index is 0.729. The molecule has 2 aliphatic rings. The lowest BCUT2D eigenvalue weighted by molar-refractivity contribution is 0.815. The SMILES string of the molecule is C/C=C\C(=C/C)c1cccc(C/C(C)=C(\C=C/CCCC)c2c(CC)c(/C=C\C)c3ccccc3c2C)c1.C=C.C=C(C)N=C(N=C(C)c1ccccc1)c1ccc2c(c1)CC1=C2C=CCC1.CC.Cc1ccc2c(c1)sc1ccccc12. The first-order chi connectivity index (χ1) is 40.5. The van der Waals surface area contributed by atoms with E-state index in [1.54, 1.807) is 5.57 Å². The average Bonchev–Trinajstić information content (AvgIpc) is 4.22. The number of thiophene rings is 1. The van der Waals surface area contributed by atoms with Crippen molar-refractivity contribution in [2.75, 3.05) is 0 Å². The van der Waals surface area contributed by atoms with Crippen molar-refractivity contribution in [1.82, 2.24) is 0 Å². The first-order valence-electron chi connectivity index (χ1n) is 30.1. The molecule has 0 radical (unpaired) electrons. The number of fused-ring (bicyclic) bond motifs is 6. The second kappa shape index (κ2) is 32.6. The molecule has 8 aromatic rings. The molecule has 83 heavy (non-hydrogen) atoms. The average molecular weight is 1110 g/mol. The van der Waals surface area contributed by atoms with Gasteiger partial charge < -0.3 is 0 Å². The highest BCUT2D eigenvalue weighted by molar-refractivity contribution is 7.25. The van der Waals surface area contributed by atoms with E-state index in [0.29, 0.717) is 0 Å². The van der Waals surface area contributed by atoms with Crippen LogP contribution in [-0.4, -0.2) is 11.5 Å². The van der Waals surface area contributed by atoms with E-state index in [0.717, 1.165) is 60.5 Å². The summed E-state index contributed by atoms with van der Waals surface area (Å²) in [5.41, 5.74) is 23.3. The number of aliphatic imine (C=N–C) groups is 2. The number of hydrogen-bond donors (Lipinski definition) is 0. The second-order valence-electron chi connectivity index (χ2n) is 21.0. The lowest BCUT2D eigenvalue weighted by atomic mass is 9.82. The zero-order valence-electron chi connectivity index (χ0n) is 52.1. The van der Waals surface area contributed by atoms with Crippen molar-refractivity contribution in [2.45, 2.75) is 134 Å². The van der Waals surface area contributed by atoms with E-state index >= 15 is 0 Å². The van der Waals surface area contributed by atoms with Crippen LogP contribution in [-0.2, 0) is 19.3 Å². The molecule has 0 saturated carbocycles. The highest BCUT2D eigenvalue weighted by Gasteiger charge is 2.23. The van der Waals surface area contributed by atoms with Crippen LogP contribution < -0.4 is 0 Å². The second-order valence-corrected chi connectivity index (χ2v) is 22.1. The number of rotatable bonds is 14. The van der Waals surface area contributed by atoms with Crippen LogP contribution in [0.1, 0.15) is 163 Å². The number of benzene rings is 7. The van der Waals surface area contributed by atoms with Gasteiger partial charge in [0.2, 0.25) is 0 Å². The van der Waals surface area contributed by atoms with Gasteiger partial charge in [-0.25, -0.2) is 9.98 Å². The maximum absolute atomic E-state index is 4.85. The molecule has 2 aliphatic carbocycles. The van der Waals surface area contributed by atoms with Gasteiger partial charge in [0.25, 0.3) is 0 Å². The number of aryl methyl sites for hydroxylation is 2. The Balaban J connectivity index is 0.000000211. The number of allylic oxidation sites excluding steroid dienone is 14. The van der Waals surface area contributed by atoms with Crippen LogP contribution in [0.2, 0.25) is 0 Å². The summed E-state index contributed by atoms with van der Waals surface area (Å²) in [6.45, 7) is 35.6. The molecule has 0 spiro atoms. The third-order valence-electron chi connectivity index (χ3n) is 15.1. The van der Waals surface area contributed by atoms with Gasteiger partial charge in [-0.15, -0.1) is 24.5 Å². The van der Waals surface area contributed by atoms with Crippen molar-refractivity contribution in [2.24, 2.45) is 9.98 Å². The summed E-state index contributed by atoms with van der Waals surface area (Å²) in [6.07, 6.45) is 29.2. The minimum atomic E-state index is 0.729. The van der Waals surface area contributed by atoms with Gasteiger partial charge in [0.15, 0.2) is 5.84 Å². The molecule has 2 nitrogen and oxygen atoms in total. The zero-order chi connectivity index (χ0) is 59.8. The fourth-order valence-corrected chi connectivity index (χ4v) is 12.4. The summed E-state index contributed by atoms with van der Waals surface area (Å²) in [7, 11) is 0. The van der Waals surface area contributed by atoms with Gasteiger partial charge in [0.1, 0.15) is 0 Å². The summed E-state index contributed by atoms with van der Waals surface area (Å²) in [5, 5.41) is 5.47. The van der Waals surface area contributed by atoms with Crippen LogP contribution >= 0.6 is 11.3 Å². The molecule has 0 aliphatic heterocycles. The van der Waals surface area contributed by atoms with E-state index in [-0.39, 0.29) is 0 Å². The number of nitrogens with zero attached hydrogens (tertiary/aromatic N) is 2. The highest BCUT2D eigenvalue weighted by Crippen LogP contribution is 2.41. The Bertz CT molecular complexity index is 3800. The molecule has 0 atom stereocenters. The van der Waals surface area contributed by atoms with E-state index in [4.69, 9.17) is 4.99 Å². The van der Waals surface area contributed by atoms with Gasteiger partial charge in [0.05, 0.1) is 0 Å². The van der Waals surface area contributed by atoms with Crippen LogP contribution in [0.25, 0.3) is 53.7 Å². The summed E-state index contributed by atoms with van der Waals surface area (Å²) in [5.74, 6) is 0.729. The van der Waals surface area contributed by atoms with Crippen molar-refractivity contribution < 1.29 is 0 Å². The fraction of sp³-hybridized carbons (Fsp3) is 0.250. The largest absolute Gasteiger partial charge is 0.234 e. The van der Waals surface area contributed by atoms with Gasteiger partial charge in [-0.2, -0.15) is 0 Å². The standard InChI is InChI=1S/C38H46.C25H24N2.C13H10S.C2H6.C2H4/c1-8-13-14-15-23-34(28(6)26-30-21-18-22-32(27-30)31(11-4)19-9-2)38-29(7)35-24-16-17-25-37(35)36(20-10-3)33(38)12-5;1-17(2)26-25(27-18(3)19-9-5-4-6-10-19)21-13-14-24-22(16-21)15-20-11-7-8-12-23(20)24;1-9-6-7-11-10-4-2-3-5-12(10)14-13(11)8-9;2*1-2/h9-11,15-25,27H,8,12-14,26H2,1-7H3;4-6,8-10,12-14,16H,1,7,11,15H2,2-3H3;2-8H,1H3;1-2H3;1-2H2/b19-9-,20-10-,23-15-,31-11+,34-28+;;;;. The number of amidine groups is 1. The lowest BCUT2D eigenvalue weighted by Crippen LogP contribution is -2.05. The van der Waals surface area contributed by atoms with Crippen molar-refractivity contribution in [3.63, 3.8) is 0 Å². The Morgan fingerprint density at radius 3 is 2.07 bits per heavy atom. The molecule has 0 saturated heterocycles. The van der Waals surface area contributed by atoms with Gasteiger partial charge in [-0.1, -0.05) is 234 Å². The maximum atomic E-state index is 4.85. The Kier molecular flexibility index (Phi) is 25.2. The van der Waals surface area contributed by atoms with Crippen LogP contribution in [0.5, 0.6) is 0 Å². The molecule has 10 rings (SSSR count). The Morgan fingerprint density at radius 1 is 0.675 bits per heavy atom. The molecule has 3 heteroatoms. The van der Waals surface area contributed by atoms with Crippen LogP contribution in [0.3, 0.4) is 0 Å². The molecule has 7 aromatic carbocycles. The summed E-state index contributed by atoms with van der Waals surface area (Å²) in [4.78, 5) is 9.49. The third-order valence-corrected chi connectivity index (χ3v) is 16.2. The van der Waals surface area contributed by atoms with E-state index < -0.39 is 0 Å². The van der Waals surface area contributed by atoms with Gasteiger partial charge in [0, 0.05) is 37.1 Å². The molecule has 1 heterocycles. The predicted molar refractivity (Wildman–Crippen MR) is 375 cm³/mol. The fourth-order valence-electron chi connectivity index (χ4n) is 11.2. The van der Waals surface area contributed by atoms with Gasteiger partial charge >= 0.3 is 0 Å². The van der Waals surface area contributed by atoms with Crippen LogP contribution in [0, 0.1) is 13.8 Å². The van der Waals surface area contributed by atoms with E-state index in [2.05, 4.69) is 256 Å². The smallest absolute Gasteiger partial charge is 0.159 e. The van der Waals surface area contributed by atoms with Crippen molar-refractivity contribution >= 4 is 76.6 Å². The number of hydrogen-bond acceptors (Lipinski definition) is 2. The first kappa shape index (κ1) is 64.2. The van der Waals surface area contributed by atoms with Crippen molar-refractivity contribution in [3.05, 3.63) is 286 Å². The summed E-state index contributed by atoms with van der Waals surface area (Å²) >= 11 is 1.88. The molecule has 0 unspecified atom stereocenters. The molecule has 0 amide bonds. The predicted octanol–water partition coefficient (Wildman–Crippen LogP) is 23.8. The molecule has 1 aromatic heterocycles. The molecular weight excluding hydrogens is 1020 g/mol. The highest BCUT2D eigenvalue weighted by atomic mass is 32.1. The van der Waals surface area contributed by atoms with E-state index in [1.807, 2.05) is 57.2 Å². The number of unbranched alkanes of at least 4 members (excludes halogenated alkanes) is 2. The Labute approximate surface area is 504 Å². The van der Waals surface area contributed by atoms with Gasteiger partial charge in [-0.3, -0.25) is 0 Å². The minimum Gasteiger partial charge on any atom is -0.234 e. The molecule has 0 bridgehead atoms. The zero-order valence-corrected chi connectivity index (χ0v) is 52.9. The normalized spacial score (nSPS) is 13.5. The Hall–Kier alpha value is -7.98. The monoisotopic (exact) mass is 1110 g/mol. The van der Waals surface area contributed by atoms with Gasteiger partial charge in [-0.05, 0) is 195 Å². The topological polar surface area (TPSA) is 24.7 Å². The summed E-state index contributed by atoms with van der Waals surface area (Å²) in [6, 6.07) is 50.1. The quantitative estimate of drug-likeness (QED) is 0.0341. The molecular formula is C80H90N2S. The lowest BCUT2D eigenvalue weighted by Gasteiger charge is -2.22. The Morgan fingerprint density at radius 2 is 1.37 bits per heavy atom. The van der Waals surface area contributed by atoms with Crippen molar-refractivity contribution in [1.29, 1.82) is 0 Å². The molecule has 0 N–H and O–H groups in total.